The molecular formula is C11H14ClN5O. The normalized spacial score (nSPS) is 10.4. The Hall–Kier alpha value is -1.82. The molecule has 2 rings (SSSR count). The minimum Gasteiger partial charge on any atom is -0.469 e. The predicted octanol–water partition coefficient (Wildman–Crippen LogP) is 1.84. The molecule has 0 spiro atoms. The Morgan fingerprint density at radius 1 is 1.33 bits per heavy atom. The first-order chi connectivity index (χ1) is 8.65. The highest BCUT2D eigenvalue weighted by Gasteiger charge is 2.06. The van der Waals surface area contributed by atoms with Gasteiger partial charge in [0, 0.05) is 27.1 Å². The molecule has 6 nitrogen and oxygen atoms in total. The third kappa shape index (κ3) is 3.33. The summed E-state index contributed by atoms with van der Waals surface area (Å²) in [4.78, 5) is 14.0. The summed E-state index contributed by atoms with van der Waals surface area (Å²) in [6.07, 6.45) is 2.41. The fourth-order valence-corrected chi connectivity index (χ4v) is 1.53. The maximum absolute atomic E-state index is 5.83. The molecule has 2 aromatic rings. The first-order valence-corrected chi connectivity index (χ1v) is 5.88. The number of nitrogens with one attached hydrogen (secondary N) is 1. The van der Waals surface area contributed by atoms with Crippen LogP contribution in [0.25, 0.3) is 0 Å². The second-order valence-corrected chi connectivity index (χ2v) is 4.22. The summed E-state index contributed by atoms with van der Waals surface area (Å²) < 4.78 is 5.23. The van der Waals surface area contributed by atoms with Crippen LogP contribution in [0.1, 0.15) is 5.76 Å². The van der Waals surface area contributed by atoms with Crippen LogP contribution in [0.5, 0.6) is 0 Å². The molecule has 0 aliphatic carbocycles. The molecule has 7 heteroatoms. The summed E-state index contributed by atoms with van der Waals surface area (Å²) in [5.41, 5.74) is 0. The molecule has 0 radical (unpaired) electrons. The standard InChI is InChI=1S/C11H14ClN5O/c1-17(2)11-15-9(12)14-10(16-11)13-6-5-8-4-3-7-18-8/h3-4,7H,5-6H2,1-2H3,(H,13,14,15,16). The smallest absolute Gasteiger partial charge is 0.230 e. The van der Waals surface area contributed by atoms with Gasteiger partial charge < -0.3 is 14.6 Å². The molecule has 96 valence electrons. The zero-order chi connectivity index (χ0) is 13.0. The van der Waals surface area contributed by atoms with Gasteiger partial charge in [-0.15, -0.1) is 0 Å². The van der Waals surface area contributed by atoms with Crippen molar-refractivity contribution in [2.45, 2.75) is 6.42 Å². The van der Waals surface area contributed by atoms with Crippen LogP contribution >= 0.6 is 11.6 Å². The van der Waals surface area contributed by atoms with Crippen LogP contribution in [0.3, 0.4) is 0 Å². The average molecular weight is 268 g/mol. The number of anilines is 2. The quantitative estimate of drug-likeness (QED) is 0.892. The van der Waals surface area contributed by atoms with E-state index in [2.05, 4.69) is 20.3 Å². The monoisotopic (exact) mass is 267 g/mol. The topological polar surface area (TPSA) is 67.1 Å². The van der Waals surface area contributed by atoms with Gasteiger partial charge in [0.25, 0.3) is 0 Å². The van der Waals surface area contributed by atoms with Gasteiger partial charge in [0.2, 0.25) is 17.2 Å². The van der Waals surface area contributed by atoms with Gasteiger partial charge in [-0.05, 0) is 23.7 Å². The molecule has 0 saturated carbocycles. The number of furan rings is 1. The highest BCUT2D eigenvalue weighted by atomic mass is 35.5. The van der Waals surface area contributed by atoms with Gasteiger partial charge in [0.1, 0.15) is 5.76 Å². The Bertz CT molecular complexity index is 500. The van der Waals surface area contributed by atoms with E-state index in [1.807, 2.05) is 26.2 Å². The molecule has 2 aromatic heterocycles. The van der Waals surface area contributed by atoms with E-state index in [4.69, 9.17) is 16.0 Å². The van der Waals surface area contributed by atoms with E-state index in [0.29, 0.717) is 18.4 Å². The lowest BCUT2D eigenvalue weighted by atomic mass is 10.3. The third-order valence-electron chi connectivity index (χ3n) is 2.23. The number of rotatable bonds is 5. The van der Waals surface area contributed by atoms with Crippen LogP contribution in [0.15, 0.2) is 22.8 Å². The SMILES string of the molecule is CN(C)c1nc(Cl)nc(NCCc2ccco2)n1. The summed E-state index contributed by atoms with van der Waals surface area (Å²) in [5, 5.41) is 3.26. The molecule has 0 aromatic carbocycles. The van der Waals surface area contributed by atoms with E-state index >= 15 is 0 Å². The van der Waals surface area contributed by atoms with Crippen molar-refractivity contribution >= 4 is 23.5 Å². The van der Waals surface area contributed by atoms with Crippen molar-refractivity contribution in [3.8, 4) is 0 Å². The molecule has 2 heterocycles. The van der Waals surface area contributed by atoms with Crippen LogP contribution in [0, 0.1) is 0 Å². The average Bonchev–Trinajstić information content (AvgIpc) is 2.81. The van der Waals surface area contributed by atoms with Crippen LogP contribution < -0.4 is 10.2 Å². The van der Waals surface area contributed by atoms with E-state index in [9.17, 15) is 0 Å². The van der Waals surface area contributed by atoms with Crippen LogP contribution in [0.2, 0.25) is 5.28 Å². The summed E-state index contributed by atoms with van der Waals surface area (Å²) in [5.74, 6) is 1.90. The van der Waals surface area contributed by atoms with Crippen LogP contribution in [-0.4, -0.2) is 35.6 Å². The molecular weight excluding hydrogens is 254 g/mol. The van der Waals surface area contributed by atoms with Gasteiger partial charge in [-0.2, -0.15) is 15.0 Å². The van der Waals surface area contributed by atoms with Gasteiger partial charge in [-0.25, -0.2) is 0 Å². The fraction of sp³-hybridized carbons (Fsp3) is 0.364. The fourth-order valence-electron chi connectivity index (χ4n) is 1.37. The Balaban J connectivity index is 1.96. The van der Waals surface area contributed by atoms with E-state index in [-0.39, 0.29) is 5.28 Å². The lowest BCUT2D eigenvalue weighted by Crippen LogP contribution is -2.16. The van der Waals surface area contributed by atoms with Gasteiger partial charge in [0.15, 0.2) is 0 Å². The second-order valence-electron chi connectivity index (χ2n) is 3.88. The molecule has 0 aliphatic heterocycles. The van der Waals surface area contributed by atoms with Crippen molar-refractivity contribution < 1.29 is 4.42 Å². The molecule has 1 N–H and O–H groups in total. The molecule has 0 aliphatic rings. The van der Waals surface area contributed by atoms with E-state index in [0.717, 1.165) is 12.2 Å². The maximum atomic E-state index is 5.83. The first kappa shape index (κ1) is 12.6. The number of hydrogen-bond donors (Lipinski definition) is 1. The van der Waals surface area contributed by atoms with Crippen molar-refractivity contribution in [1.29, 1.82) is 0 Å². The van der Waals surface area contributed by atoms with Crippen LogP contribution in [-0.2, 0) is 6.42 Å². The van der Waals surface area contributed by atoms with Gasteiger partial charge in [-0.3, -0.25) is 0 Å². The van der Waals surface area contributed by atoms with E-state index in [1.165, 1.54) is 0 Å². The molecule has 0 atom stereocenters. The molecule has 0 bridgehead atoms. The summed E-state index contributed by atoms with van der Waals surface area (Å²) in [7, 11) is 3.69. The zero-order valence-corrected chi connectivity index (χ0v) is 11.0. The number of halogens is 1. The second kappa shape index (κ2) is 5.68. The summed E-state index contributed by atoms with van der Waals surface area (Å²) in [6, 6.07) is 3.78. The summed E-state index contributed by atoms with van der Waals surface area (Å²) in [6.45, 7) is 0.667. The number of aromatic nitrogens is 3. The van der Waals surface area contributed by atoms with Crippen molar-refractivity contribution in [1.82, 2.24) is 15.0 Å². The minimum absolute atomic E-state index is 0.175. The van der Waals surface area contributed by atoms with Gasteiger partial charge in [-0.1, -0.05) is 0 Å². The zero-order valence-electron chi connectivity index (χ0n) is 10.2. The maximum Gasteiger partial charge on any atom is 0.230 e. The Morgan fingerprint density at radius 3 is 2.83 bits per heavy atom. The predicted molar refractivity (Wildman–Crippen MR) is 70.1 cm³/mol. The van der Waals surface area contributed by atoms with Gasteiger partial charge >= 0.3 is 0 Å². The van der Waals surface area contributed by atoms with E-state index in [1.54, 1.807) is 11.2 Å². The van der Waals surface area contributed by atoms with E-state index < -0.39 is 0 Å². The molecule has 0 saturated heterocycles. The molecule has 0 fully saturated rings. The number of nitrogens with zero attached hydrogens (tertiary/aromatic N) is 4. The molecule has 0 unspecified atom stereocenters. The molecule has 18 heavy (non-hydrogen) atoms. The lowest BCUT2D eigenvalue weighted by Gasteiger charge is -2.11. The summed E-state index contributed by atoms with van der Waals surface area (Å²) >= 11 is 5.83. The Kier molecular flexibility index (Phi) is 3.99. The van der Waals surface area contributed by atoms with Gasteiger partial charge in [0.05, 0.1) is 6.26 Å². The third-order valence-corrected chi connectivity index (χ3v) is 2.40. The Labute approximate surface area is 110 Å². The van der Waals surface area contributed by atoms with Crippen LogP contribution in [0.4, 0.5) is 11.9 Å². The van der Waals surface area contributed by atoms with Crippen molar-refractivity contribution in [2.75, 3.05) is 30.9 Å². The highest BCUT2D eigenvalue weighted by Crippen LogP contribution is 2.11. The minimum atomic E-state index is 0.175. The Morgan fingerprint density at radius 2 is 2.17 bits per heavy atom. The highest BCUT2D eigenvalue weighted by molar-refractivity contribution is 6.28. The first-order valence-electron chi connectivity index (χ1n) is 5.50. The van der Waals surface area contributed by atoms with Crippen molar-refractivity contribution in [3.05, 3.63) is 29.4 Å². The molecule has 0 amide bonds. The van der Waals surface area contributed by atoms with Crippen molar-refractivity contribution in [2.24, 2.45) is 0 Å². The van der Waals surface area contributed by atoms with Crippen molar-refractivity contribution in [3.63, 3.8) is 0 Å². The lowest BCUT2D eigenvalue weighted by molar-refractivity contribution is 0.512. The largest absolute Gasteiger partial charge is 0.469 e. The number of hydrogen-bond acceptors (Lipinski definition) is 6.